The number of carbonyl (C=O) groups excluding carboxylic acids is 1. The highest BCUT2D eigenvalue weighted by molar-refractivity contribution is 5.78. The summed E-state index contributed by atoms with van der Waals surface area (Å²) in [5.74, 6) is 0.820. The molecule has 0 saturated carbocycles. The number of nitrogens with zero attached hydrogens (tertiary/aromatic N) is 2. The zero-order valence-electron chi connectivity index (χ0n) is 14.1. The van der Waals surface area contributed by atoms with E-state index in [2.05, 4.69) is 36.1 Å². The largest absolute Gasteiger partial charge is 0.395 e. The number of rotatable bonds is 5. The van der Waals surface area contributed by atoms with E-state index in [1.165, 1.54) is 17.5 Å². The number of piperidine rings is 1. The molecule has 2 atom stereocenters. The van der Waals surface area contributed by atoms with Gasteiger partial charge in [0.25, 0.3) is 0 Å². The lowest BCUT2D eigenvalue weighted by atomic mass is 10.00. The molecule has 0 aromatic heterocycles. The van der Waals surface area contributed by atoms with Crippen molar-refractivity contribution in [1.29, 1.82) is 0 Å². The van der Waals surface area contributed by atoms with Gasteiger partial charge in [0.05, 0.1) is 13.2 Å². The van der Waals surface area contributed by atoms with Gasteiger partial charge in [0.15, 0.2) is 0 Å². The summed E-state index contributed by atoms with van der Waals surface area (Å²) in [7, 11) is 0. The molecule has 2 aliphatic rings. The number of aliphatic hydroxyl groups excluding tert-OH is 1. The lowest BCUT2D eigenvalue weighted by Crippen LogP contribution is -2.46. The second kappa shape index (κ2) is 7.45. The number of hydrogen-bond donors (Lipinski definition) is 1. The molecule has 1 aliphatic heterocycles. The van der Waals surface area contributed by atoms with E-state index in [0.29, 0.717) is 19.0 Å². The maximum Gasteiger partial charge on any atom is 0.236 e. The predicted molar refractivity (Wildman–Crippen MR) is 91.1 cm³/mol. The Bertz CT molecular complexity index is 546. The van der Waals surface area contributed by atoms with E-state index in [4.69, 9.17) is 0 Å². The molecular weight excluding hydrogens is 288 g/mol. The van der Waals surface area contributed by atoms with Gasteiger partial charge in [0.2, 0.25) is 5.91 Å². The standard InChI is InChI=1S/C19H28N2O2/c1-15-5-4-10-21(13-15)19(23)14-20(11-12-22)18-9-8-16-6-2-3-7-17(16)18/h2-3,6-7,15,18,22H,4-5,8-14H2,1H3. The highest BCUT2D eigenvalue weighted by Crippen LogP contribution is 2.35. The number of benzene rings is 1. The lowest BCUT2D eigenvalue weighted by Gasteiger charge is -2.34. The van der Waals surface area contributed by atoms with Crippen LogP contribution in [0, 0.1) is 5.92 Å². The van der Waals surface area contributed by atoms with Gasteiger partial charge in [-0.1, -0.05) is 31.2 Å². The summed E-state index contributed by atoms with van der Waals surface area (Å²) in [6.45, 7) is 5.07. The molecule has 1 aromatic rings. The lowest BCUT2D eigenvalue weighted by molar-refractivity contribution is -0.134. The van der Waals surface area contributed by atoms with Crippen molar-refractivity contribution in [2.45, 2.75) is 38.6 Å². The van der Waals surface area contributed by atoms with Gasteiger partial charge < -0.3 is 10.0 Å². The molecule has 0 spiro atoms. The Labute approximate surface area is 139 Å². The van der Waals surface area contributed by atoms with Crippen LogP contribution < -0.4 is 0 Å². The number of fused-ring (bicyclic) bond motifs is 1. The van der Waals surface area contributed by atoms with E-state index in [0.717, 1.165) is 32.4 Å². The first-order valence-electron chi connectivity index (χ1n) is 8.89. The minimum Gasteiger partial charge on any atom is -0.395 e. The quantitative estimate of drug-likeness (QED) is 0.906. The SMILES string of the molecule is CC1CCCN(C(=O)CN(CCO)C2CCc3ccccc32)C1. The van der Waals surface area contributed by atoms with E-state index in [1.54, 1.807) is 0 Å². The third-order valence-electron chi connectivity index (χ3n) is 5.28. The summed E-state index contributed by atoms with van der Waals surface area (Å²) in [5, 5.41) is 9.44. The maximum absolute atomic E-state index is 12.7. The smallest absolute Gasteiger partial charge is 0.236 e. The average molecular weight is 316 g/mol. The van der Waals surface area contributed by atoms with Crippen LogP contribution in [0.5, 0.6) is 0 Å². The molecule has 2 unspecified atom stereocenters. The van der Waals surface area contributed by atoms with Crippen LogP contribution in [0.2, 0.25) is 0 Å². The molecule has 1 aromatic carbocycles. The van der Waals surface area contributed by atoms with Gasteiger partial charge in [0, 0.05) is 25.7 Å². The van der Waals surface area contributed by atoms with E-state index >= 15 is 0 Å². The Kier molecular flexibility index (Phi) is 5.34. The second-order valence-corrected chi connectivity index (χ2v) is 7.03. The minimum atomic E-state index is 0.0996. The molecule has 0 radical (unpaired) electrons. The van der Waals surface area contributed by atoms with Gasteiger partial charge in [-0.05, 0) is 42.7 Å². The Morgan fingerprint density at radius 2 is 2.17 bits per heavy atom. The van der Waals surface area contributed by atoms with Crippen molar-refractivity contribution in [2.75, 3.05) is 32.8 Å². The van der Waals surface area contributed by atoms with E-state index in [1.807, 2.05) is 4.90 Å². The second-order valence-electron chi connectivity index (χ2n) is 7.03. The van der Waals surface area contributed by atoms with Crippen LogP contribution in [0.25, 0.3) is 0 Å². The van der Waals surface area contributed by atoms with Crippen molar-refractivity contribution < 1.29 is 9.90 Å². The van der Waals surface area contributed by atoms with Gasteiger partial charge in [-0.2, -0.15) is 0 Å². The third kappa shape index (κ3) is 3.75. The first-order valence-corrected chi connectivity index (χ1v) is 8.89. The van der Waals surface area contributed by atoms with Gasteiger partial charge in [-0.3, -0.25) is 9.69 Å². The fraction of sp³-hybridized carbons (Fsp3) is 0.632. The average Bonchev–Trinajstić information content (AvgIpc) is 2.98. The van der Waals surface area contributed by atoms with Crippen molar-refractivity contribution in [3.05, 3.63) is 35.4 Å². The van der Waals surface area contributed by atoms with E-state index in [-0.39, 0.29) is 18.6 Å². The molecule has 4 nitrogen and oxygen atoms in total. The first kappa shape index (κ1) is 16.5. The van der Waals surface area contributed by atoms with E-state index < -0.39 is 0 Å². The van der Waals surface area contributed by atoms with Crippen LogP contribution in [0.1, 0.15) is 43.4 Å². The zero-order chi connectivity index (χ0) is 16.2. The topological polar surface area (TPSA) is 43.8 Å². The van der Waals surface area contributed by atoms with Crippen molar-refractivity contribution in [3.8, 4) is 0 Å². The monoisotopic (exact) mass is 316 g/mol. The number of aliphatic hydroxyl groups is 1. The molecule has 3 rings (SSSR count). The minimum absolute atomic E-state index is 0.0996. The molecule has 1 N–H and O–H groups in total. The van der Waals surface area contributed by atoms with Gasteiger partial charge >= 0.3 is 0 Å². The summed E-state index contributed by atoms with van der Waals surface area (Å²) in [6, 6.07) is 8.77. The number of likely N-dealkylation sites (tertiary alicyclic amines) is 1. The van der Waals surface area contributed by atoms with Gasteiger partial charge in [-0.15, -0.1) is 0 Å². The number of aryl methyl sites for hydroxylation is 1. The summed E-state index contributed by atoms with van der Waals surface area (Å²) in [6.07, 6.45) is 4.44. The third-order valence-corrected chi connectivity index (χ3v) is 5.28. The molecule has 4 heteroatoms. The summed E-state index contributed by atoms with van der Waals surface area (Å²) in [5.41, 5.74) is 2.72. The number of hydrogen-bond acceptors (Lipinski definition) is 3. The molecule has 1 heterocycles. The molecule has 126 valence electrons. The fourth-order valence-corrected chi connectivity index (χ4v) is 4.08. The molecular formula is C19H28N2O2. The zero-order valence-corrected chi connectivity index (χ0v) is 14.1. The number of amides is 1. The normalized spacial score (nSPS) is 24.0. The molecule has 1 amide bonds. The molecule has 23 heavy (non-hydrogen) atoms. The van der Waals surface area contributed by atoms with Crippen LogP contribution in [-0.4, -0.2) is 53.6 Å². The molecule has 0 bridgehead atoms. The predicted octanol–water partition coefficient (Wildman–Crippen LogP) is 2.23. The number of carbonyl (C=O) groups is 1. The Hall–Kier alpha value is -1.39. The van der Waals surface area contributed by atoms with Gasteiger partial charge in [-0.25, -0.2) is 0 Å². The molecule has 1 fully saturated rings. The van der Waals surface area contributed by atoms with Crippen LogP contribution in [0.15, 0.2) is 24.3 Å². The van der Waals surface area contributed by atoms with Crippen molar-refractivity contribution in [3.63, 3.8) is 0 Å². The van der Waals surface area contributed by atoms with Crippen molar-refractivity contribution in [2.24, 2.45) is 5.92 Å². The first-order chi connectivity index (χ1) is 11.2. The van der Waals surface area contributed by atoms with Crippen LogP contribution >= 0.6 is 0 Å². The Balaban J connectivity index is 1.69. The Morgan fingerprint density at radius 1 is 1.35 bits per heavy atom. The molecule has 1 aliphatic carbocycles. The summed E-state index contributed by atoms with van der Waals surface area (Å²) < 4.78 is 0. The Morgan fingerprint density at radius 3 is 2.96 bits per heavy atom. The summed E-state index contributed by atoms with van der Waals surface area (Å²) in [4.78, 5) is 16.9. The van der Waals surface area contributed by atoms with Crippen LogP contribution in [0.4, 0.5) is 0 Å². The highest BCUT2D eigenvalue weighted by atomic mass is 16.3. The van der Waals surface area contributed by atoms with Crippen molar-refractivity contribution in [1.82, 2.24) is 9.80 Å². The van der Waals surface area contributed by atoms with Crippen LogP contribution in [-0.2, 0) is 11.2 Å². The molecule has 1 saturated heterocycles. The van der Waals surface area contributed by atoms with Crippen molar-refractivity contribution >= 4 is 5.91 Å². The van der Waals surface area contributed by atoms with Crippen LogP contribution in [0.3, 0.4) is 0 Å². The maximum atomic E-state index is 12.7. The summed E-state index contributed by atoms with van der Waals surface area (Å²) >= 11 is 0. The van der Waals surface area contributed by atoms with Gasteiger partial charge in [0.1, 0.15) is 0 Å². The van der Waals surface area contributed by atoms with E-state index in [9.17, 15) is 9.90 Å². The highest BCUT2D eigenvalue weighted by Gasteiger charge is 2.30. The fourth-order valence-electron chi connectivity index (χ4n) is 4.08.